The van der Waals surface area contributed by atoms with E-state index in [1.807, 2.05) is 44.4 Å². The van der Waals surface area contributed by atoms with Crippen molar-refractivity contribution in [3.05, 3.63) is 64.7 Å². The number of carbonyl (C=O) groups is 2. The molecular formula is C28H32N2O4S2U. The molecule has 1 aliphatic heterocycles. The third kappa shape index (κ3) is 6.81. The summed E-state index contributed by atoms with van der Waals surface area (Å²) in [5, 5.41) is 4.75. The van der Waals surface area contributed by atoms with E-state index in [-0.39, 0.29) is 47.5 Å². The number of carbonyl (C=O) groups excluding carboxylic acids is 2. The Kier molecular flexibility index (Phi) is 10.7. The molecular weight excluding hydrogens is 730 g/mol. The van der Waals surface area contributed by atoms with Crippen molar-refractivity contribution in [1.82, 2.24) is 10.3 Å². The average Bonchev–Trinajstić information content (AvgIpc) is 3.58. The number of nitrogens with one attached hydrogen (secondary N) is 1. The number of rotatable bonds is 7. The fraction of sp³-hybridized carbons (Fsp3) is 0.393. The molecule has 1 aliphatic carbocycles. The van der Waals surface area contributed by atoms with Crippen molar-refractivity contribution in [3.8, 4) is 5.75 Å². The second-order valence-electron chi connectivity index (χ2n) is 8.79. The quantitative estimate of drug-likeness (QED) is 0.281. The molecule has 37 heavy (non-hydrogen) atoms. The van der Waals surface area contributed by atoms with Gasteiger partial charge in [-0.05, 0) is 48.3 Å². The number of allylic oxidation sites excluding steroid dienone is 4. The molecule has 6 nitrogen and oxygen atoms in total. The van der Waals surface area contributed by atoms with Crippen molar-refractivity contribution in [2.24, 2.45) is 11.8 Å². The van der Waals surface area contributed by atoms with Crippen LogP contribution < -0.4 is 10.1 Å². The number of fused-ring (bicyclic) bond motifs is 1. The number of nitrogens with zero attached hydrogens (tertiary/aromatic N) is 1. The van der Waals surface area contributed by atoms with E-state index in [0.29, 0.717) is 37.2 Å². The van der Waals surface area contributed by atoms with Crippen LogP contribution >= 0.6 is 23.1 Å². The molecule has 5 rings (SSSR count). The number of ether oxygens (including phenoxy) is 1. The van der Waals surface area contributed by atoms with E-state index in [4.69, 9.17) is 14.1 Å². The van der Waals surface area contributed by atoms with Gasteiger partial charge in [0.2, 0.25) is 11.8 Å². The molecule has 1 saturated heterocycles. The monoisotopic (exact) mass is 762 g/mol. The maximum absolute atomic E-state index is 12.0. The molecule has 2 aromatic heterocycles. The molecule has 1 fully saturated rings. The summed E-state index contributed by atoms with van der Waals surface area (Å²) < 4.78 is 13.2. The van der Waals surface area contributed by atoms with Crippen LogP contribution in [0.2, 0.25) is 0 Å². The normalized spacial score (nSPS) is 20.7. The van der Waals surface area contributed by atoms with Gasteiger partial charge in [-0.25, -0.2) is 4.98 Å². The smallest absolute Gasteiger partial charge is 0.286 e. The Morgan fingerprint density at radius 2 is 1.92 bits per heavy atom. The number of aromatic nitrogens is 1. The Hall–Kier alpha value is -1.79. The molecule has 1 aromatic carbocycles. The van der Waals surface area contributed by atoms with Gasteiger partial charge in [0, 0.05) is 53.2 Å². The van der Waals surface area contributed by atoms with Crippen LogP contribution in [0.4, 0.5) is 4.79 Å². The largest absolute Gasteiger partial charge is 0.493 e. The Morgan fingerprint density at radius 3 is 2.62 bits per heavy atom. The van der Waals surface area contributed by atoms with E-state index in [1.54, 1.807) is 11.3 Å². The standard InChI is InChI=1S/C26H26N2O4S2.C2H6.U/c1-14-4-5-18(12-15(14)2)25-27-20(16(3)32-25)8-10-31-21-7-6-17(23-19(21)9-11-33-23)13-22-24(29)28-26(30)34-22;1-2;/h4-7,9,11-12,14-15,22H,8,10,13H2,1-3H3,(H,28,29,30);1-2H3;. The predicted molar refractivity (Wildman–Crippen MR) is 148 cm³/mol. The second kappa shape index (κ2) is 13.3. The molecule has 3 heterocycles. The Labute approximate surface area is 250 Å². The third-order valence-corrected chi connectivity index (χ3v) is 8.39. The van der Waals surface area contributed by atoms with Crippen molar-refractivity contribution in [1.29, 1.82) is 0 Å². The van der Waals surface area contributed by atoms with E-state index in [1.165, 1.54) is 0 Å². The van der Waals surface area contributed by atoms with E-state index in [9.17, 15) is 9.59 Å². The first-order chi connectivity index (χ1) is 17.4. The van der Waals surface area contributed by atoms with Gasteiger partial charge in [-0.1, -0.05) is 63.8 Å². The fourth-order valence-corrected chi connectivity index (χ4v) is 6.00. The second-order valence-corrected chi connectivity index (χ2v) is 10.9. The van der Waals surface area contributed by atoms with Crippen LogP contribution in [0, 0.1) is 49.9 Å². The number of thioether (sulfide) groups is 1. The molecule has 0 spiro atoms. The number of imide groups is 1. The molecule has 9 heteroatoms. The molecule has 194 valence electrons. The van der Waals surface area contributed by atoms with E-state index < -0.39 is 0 Å². The van der Waals surface area contributed by atoms with Crippen molar-refractivity contribution in [2.45, 2.75) is 52.7 Å². The predicted octanol–water partition coefficient (Wildman–Crippen LogP) is 6.96. The number of benzene rings is 1. The van der Waals surface area contributed by atoms with Gasteiger partial charge in [0.05, 0.1) is 17.6 Å². The summed E-state index contributed by atoms with van der Waals surface area (Å²) in [7, 11) is 0. The van der Waals surface area contributed by atoms with Crippen LogP contribution in [0.5, 0.6) is 5.75 Å². The third-order valence-electron chi connectivity index (χ3n) is 6.42. The van der Waals surface area contributed by atoms with Crippen LogP contribution in [0.1, 0.15) is 50.6 Å². The van der Waals surface area contributed by atoms with Gasteiger partial charge in [-0.15, -0.1) is 11.3 Å². The molecule has 3 aromatic rings. The van der Waals surface area contributed by atoms with Gasteiger partial charge in [0.1, 0.15) is 11.5 Å². The molecule has 0 radical (unpaired) electrons. The Bertz CT molecular complexity index is 1330. The summed E-state index contributed by atoms with van der Waals surface area (Å²) in [6.07, 6.45) is 7.67. The summed E-state index contributed by atoms with van der Waals surface area (Å²) >= 11 is 2.68. The van der Waals surface area contributed by atoms with Crippen LogP contribution in [0.25, 0.3) is 15.7 Å². The van der Waals surface area contributed by atoms with E-state index >= 15 is 0 Å². The molecule has 2 amide bonds. The summed E-state index contributed by atoms with van der Waals surface area (Å²) in [6.45, 7) is 10.8. The SMILES string of the molecule is CC.Cc1oc(C2=CC(C)C(C)C=C2)nc1CCOc1ccc(CC2SC(=O)NC2=O)c2sccc12.[U]. The van der Waals surface area contributed by atoms with Gasteiger partial charge in [-0.3, -0.25) is 14.9 Å². The molecule has 1 N–H and O–H groups in total. The molecule has 2 aliphatic rings. The Balaban J connectivity index is 0.00000124. The molecule has 0 saturated carbocycles. The maximum Gasteiger partial charge on any atom is 0.286 e. The molecule has 3 atom stereocenters. The van der Waals surface area contributed by atoms with Gasteiger partial charge in [0.15, 0.2) is 0 Å². The minimum absolute atomic E-state index is 0. The van der Waals surface area contributed by atoms with Crippen molar-refractivity contribution in [2.75, 3.05) is 6.61 Å². The van der Waals surface area contributed by atoms with E-state index in [2.05, 4.69) is 37.4 Å². The van der Waals surface area contributed by atoms with Gasteiger partial charge in [0.25, 0.3) is 5.24 Å². The zero-order chi connectivity index (χ0) is 25.8. The van der Waals surface area contributed by atoms with Crippen LogP contribution in [-0.2, 0) is 17.6 Å². The first-order valence-corrected chi connectivity index (χ1v) is 14.1. The minimum atomic E-state index is -0.380. The zero-order valence-corrected chi connectivity index (χ0v) is 27.6. The fourth-order valence-electron chi connectivity index (χ4n) is 4.21. The first-order valence-electron chi connectivity index (χ1n) is 12.4. The van der Waals surface area contributed by atoms with E-state index in [0.717, 1.165) is 50.2 Å². The number of oxazole rings is 1. The summed E-state index contributed by atoms with van der Waals surface area (Å²) in [4.78, 5) is 28.2. The average molecular weight is 763 g/mol. The van der Waals surface area contributed by atoms with Crippen LogP contribution in [0.15, 0.2) is 46.2 Å². The van der Waals surface area contributed by atoms with Crippen molar-refractivity contribution < 1.29 is 49.9 Å². The topological polar surface area (TPSA) is 81.4 Å². The summed E-state index contributed by atoms with van der Waals surface area (Å²) in [5.74, 6) is 3.05. The maximum atomic E-state index is 12.0. The first kappa shape index (κ1) is 29.8. The summed E-state index contributed by atoms with van der Waals surface area (Å²) in [5.41, 5.74) is 2.99. The zero-order valence-electron chi connectivity index (χ0n) is 21.8. The number of thiophene rings is 1. The van der Waals surface area contributed by atoms with Gasteiger partial charge in [-0.2, -0.15) is 0 Å². The molecule has 3 unspecified atom stereocenters. The van der Waals surface area contributed by atoms with Gasteiger partial charge >= 0.3 is 0 Å². The van der Waals surface area contributed by atoms with Crippen LogP contribution in [-0.4, -0.2) is 28.0 Å². The minimum Gasteiger partial charge on any atom is -0.493 e. The summed E-state index contributed by atoms with van der Waals surface area (Å²) in [6, 6.07) is 5.98. The Morgan fingerprint density at radius 1 is 1.14 bits per heavy atom. The van der Waals surface area contributed by atoms with Gasteiger partial charge < -0.3 is 9.15 Å². The number of hydrogen-bond acceptors (Lipinski definition) is 7. The van der Waals surface area contributed by atoms with Crippen LogP contribution in [0.3, 0.4) is 0 Å². The number of hydrogen-bond donors (Lipinski definition) is 1. The van der Waals surface area contributed by atoms with Crippen molar-refractivity contribution in [3.63, 3.8) is 0 Å². The number of aryl methyl sites for hydroxylation is 1. The molecule has 0 bridgehead atoms. The van der Waals surface area contributed by atoms with Crippen molar-refractivity contribution >= 4 is 49.9 Å². The number of amides is 2.